The first-order valence-corrected chi connectivity index (χ1v) is 11.5. The van der Waals surface area contributed by atoms with Crippen LogP contribution in [-0.4, -0.2) is 33.0 Å². The van der Waals surface area contributed by atoms with Crippen LogP contribution in [0.15, 0.2) is 40.9 Å². The predicted molar refractivity (Wildman–Crippen MR) is 117 cm³/mol. The fourth-order valence-electron chi connectivity index (χ4n) is 3.00. The van der Waals surface area contributed by atoms with Crippen LogP contribution in [-0.2, 0) is 11.2 Å². The SMILES string of the molecule is COc1ccc(Cl)cc1NC(=O)C(C)Sc1nnc(Cc2cccs2)n1C1CC1. The summed E-state index contributed by atoms with van der Waals surface area (Å²) in [4.78, 5) is 14.0. The van der Waals surface area contributed by atoms with Gasteiger partial charge in [0.25, 0.3) is 0 Å². The third-order valence-corrected chi connectivity index (χ3v) is 6.80. The first-order valence-electron chi connectivity index (χ1n) is 9.32. The molecule has 0 aliphatic heterocycles. The molecular formula is C20H21ClN4O2S2. The molecule has 0 spiro atoms. The van der Waals surface area contributed by atoms with Gasteiger partial charge in [-0.3, -0.25) is 4.79 Å². The van der Waals surface area contributed by atoms with Crippen molar-refractivity contribution in [1.82, 2.24) is 14.8 Å². The number of thioether (sulfide) groups is 1. The molecule has 0 radical (unpaired) electrons. The number of ether oxygens (including phenoxy) is 1. The first kappa shape index (κ1) is 20.3. The zero-order valence-corrected chi connectivity index (χ0v) is 18.5. The Morgan fingerprint density at radius 2 is 2.24 bits per heavy atom. The van der Waals surface area contributed by atoms with E-state index in [0.29, 0.717) is 22.5 Å². The van der Waals surface area contributed by atoms with Crippen LogP contribution in [0, 0.1) is 0 Å². The lowest BCUT2D eigenvalue weighted by molar-refractivity contribution is -0.115. The van der Waals surface area contributed by atoms with Gasteiger partial charge < -0.3 is 14.6 Å². The molecule has 29 heavy (non-hydrogen) atoms. The summed E-state index contributed by atoms with van der Waals surface area (Å²) in [5.74, 6) is 1.39. The number of rotatable bonds is 8. The molecular weight excluding hydrogens is 428 g/mol. The van der Waals surface area contributed by atoms with Gasteiger partial charge in [0, 0.05) is 22.4 Å². The largest absolute Gasteiger partial charge is 0.495 e. The molecule has 1 saturated carbocycles. The van der Waals surface area contributed by atoms with Crippen molar-refractivity contribution in [2.24, 2.45) is 0 Å². The number of benzene rings is 1. The maximum Gasteiger partial charge on any atom is 0.237 e. The molecule has 0 bridgehead atoms. The highest BCUT2D eigenvalue weighted by Gasteiger charge is 2.31. The highest BCUT2D eigenvalue weighted by Crippen LogP contribution is 2.40. The lowest BCUT2D eigenvalue weighted by Crippen LogP contribution is -2.23. The summed E-state index contributed by atoms with van der Waals surface area (Å²) in [7, 11) is 1.56. The molecule has 1 atom stereocenters. The van der Waals surface area contributed by atoms with Crippen molar-refractivity contribution in [1.29, 1.82) is 0 Å². The number of hydrogen-bond acceptors (Lipinski definition) is 6. The number of aromatic nitrogens is 3. The molecule has 9 heteroatoms. The molecule has 1 aliphatic carbocycles. The molecule has 1 unspecified atom stereocenters. The number of halogens is 1. The van der Waals surface area contributed by atoms with Gasteiger partial charge in [0.1, 0.15) is 11.6 Å². The molecule has 6 nitrogen and oxygen atoms in total. The van der Waals surface area contributed by atoms with Gasteiger partial charge in [0.05, 0.1) is 18.0 Å². The fourth-order valence-corrected chi connectivity index (χ4v) is 4.81. The molecule has 1 N–H and O–H groups in total. The number of amides is 1. The molecule has 1 aromatic carbocycles. The Hall–Kier alpha value is -2.03. The number of anilines is 1. The summed E-state index contributed by atoms with van der Waals surface area (Å²) in [6, 6.07) is 9.73. The maximum atomic E-state index is 12.8. The number of nitrogens with one attached hydrogen (secondary N) is 1. The predicted octanol–water partition coefficient (Wildman–Crippen LogP) is 5.05. The van der Waals surface area contributed by atoms with Crippen LogP contribution < -0.4 is 10.1 Å². The van der Waals surface area contributed by atoms with Crippen LogP contribution in [0.2, 0.25) is 5.02 Å². The molecule has 3 aromatic rings. The van der Waals surface area contributed by atoms with Crippen molar-refractivity contribution >= 4 is 46.3 Å². The van der Waals surface area contributed by atoms with E-state index in [-0.39, 0.29) is 11.2 Å². The summed E-state index contributed by atoms with van der Waals surface area (Å²) >= 11 is 9.20. The van der Waals surface area contributed by atoms with Crippen LogP contribution >= 0.6 is 34.7 Å². The van der Waals surface area contributed by atoms with Crippen molar-refractivity contribution in [3.8, 4) is 5.75 Å². The van der Waals surface area contributed by atoms with Gasteiger partial charge in [-0.05, 0) is 49.4 Å². The standard InChI is InChI=1S/C20H21ClN4O2S2/c1-12(19(26)22-16-10-13(21)5-8-17(16)27-2)29-20-24-23-18(25(20)14-6-7-14)11-15-4-3-9-28-15/h3-5,8-10,12,14H,6-7,11H2,1-2H3,(H,22,26). The molecule has 0 saturated heterocycles. The van der Waals surface area contributed by atoms with Gasteiger partial charge in [0.2, 0.25) is 5.91 Å². The Balaban J connectivity index is 1.48. The van der Waals surface area contributed by atoms with Crippen molar-refractivity contribution in [2.45, 2.75) is 42.6 Å². The van der Waals surface area contributed by atoms with Gasteiger partial charge in [-0.25, -0.2) is 0 Å². The number of carbonyl (C=O) groups is 1. The Morgan fingerprint density at radius 3 is 2.93 bits per heavy atom. The van der Waals surface area contributed by atoms with Crippen LogP contribution in [0.4, 0.5) is 5.69 Å². The van der Waals surface area contributed by atoms with E-state index in [1.54, 1.807) is 36.6 Å². The maximum absolute atomic E-state index is 12.8. The molecule has 152 valence electrons. The average molecular weight is 449 g/mol. The minimum Gasteiger partial charge on any atom is -0.495 e. The molecule has 4 rings (SSSR count). The second kappa shape index (κ2) is 8.77. The van der Waals surface area contributed by atoms with E-state index in [1.807, 2.05) is 13.0 Å². The number of nitrogens with zero attached hydrogens (tertiary/aromatic N) is 3. The van der Waals surface area contributed by atoms with Gasteiger partial charge in [-0.15, -0.1) is 21.5 Å². The number of thiophene rings is 1. The molecule has 2 aromatic heterocycles. The number of carbonyl (C=O) groups excluding carboxylic acids is 1. The quantitative estimate of drug-likeness (QED) is 0.488. The van der Waals surface area contributed by atoms with E-state index in [1.165, 1.54) is 16.6 Å². The number of methoxy groups -OCH3 is 1. The van der Waals surface area contributed by atoms with Crippen LogP contribution in [0.3, 0.4) is 0 Å². The summed E-state index contributed by atoms with van der Waals surface area (Å²) in [6.45, 7) is 1.86. The Morgan fingerprint density at radius 1 is 1.41 bits per heavy atom. The van der Waals surface area contributed by atoms with E-state index in [4.69, 9.17) is 16.3 Å². The lowest BCUT2D eigenvalue weighted by atomic mass is 10.3. The van der Waals surface area contributed by atoms with Gasteiger partial charge in [0.15, 0.2) is 5.16 Å². The highest BCUT2D eigenvalue weighted by atomic mass is 35.5. The second-order valence-electron chi connectivity index (χ2n) is 6.85. The molecule has 1 fully saturated rings. The third-order valence-electron chi connectivity index (χ3n) is 4.63. The monoisotopic (exact) mass is 448 g/mol. The smallest absolute Gasteiger partial charge is 0.237 e. The number of hydrogen-bond donors (Lipinski definition) is 1. The topological polar surface area (TPSA) is 69.0 Å². The van der Waals surface area contributed by atoms with Crippen molar-refractivity contribution in [2.75, 3.05) is 12.4 Å². The van der Waals surface area contributed by atoms with Gasteiger partial charge in [-0.1, -0.05) is 29.4 Å². The highest BCUT2D eigenvalue weighted by molar-refractivity contribution is 8.00. The van der Waals surface area contributed by atoms with Crippen LogP contribution in [0.5, 0.6) is 5.75 Å². The van der Waals surface area contributed by atoms with E-state index in [2.05, 4.69) is 31.5 Å². The Bertz CT molecular complexity index is 1000. The van der Waals surface area contributed by atoms with E-state index in [0.717, 1.165) is 30.2 Å². The summed E-state index contributed by atoms with van der Waals surface area (Å²) in [6.07, 6.45) is 3.02. The van der Waals surface area contributed by atoms with Gasteiger partial charge >= 0.3 is 0 Å². The normalized spacial score (nSPS) is 14.6. The average Bonchev–Trinajstić information content (AvgIpc) is 3.26. The zero-order chi connectivity index (χ0) is 20.4. The summed E-state index contributed by atoms with van der Waals surface area (Å²) < 4.78 is 7.51. The summed E-state index contributed by atoms with van der Waals surface area (Å²) in [5.41, 5.74) is 0.555. The molecule has 1 aliphatic rings. The van der Waals surface area contributed by atoms with Gasteiger partial charge in [-0.2, -0.15) is 0 Å². The summed E-state index contributed by atoms with van der Waals surface area (Å²) in [5, 5.41) is 14.8. The van der Waals surface area contributed by atoms with E-state index in [9.17, 15) is 4.79 Å². The van der Waals surface area contributed by atoms with E-state index >= 15 is 0 Å². The third kappa shape index (κ3) is 4.76. The van der Waals surface area contributed by atoms with Crippen LogP contribution in [0.1, 0.15) is 36.5 Å². The first-order chi connectivity index (χ1) is 14.0. The van der Waals surface area contributed by atoms with Crippen LogP contribution in [0.25, 0.3) is 0 Å². The van der Waals surface area contributed by atoms with Crippen molar-refractivity contribution in [3.63, 3.8) is 0 Å². The lowest BCUT2D eigenvalue weighted by Gasteiger charge is -2.15. The fraction of sp³-hybridized carbons (Fsp3) is 0.350. The van der Waals surface area contributed by atoms with Crippen molar-refractivity contribution < 1.29 is 9.53 Å². The molecule has 1 amide bonds. The molecule has 2 heterocycles. The Labute approximate surface area is 182 Å². The Kier molecular flexibility index (Phi) is 6.12. The zero-order valence-electron chi connectivity index (χ0n) is 16.1. The second-order valence-corrected chi connectivity index (χ2v) is 9.63. The minimum atomic E-state index is -0.352. The van der Waals surface area contributed by atoms with E-state index < -0.39 is 0 Å². The minimum absolute atomic E-state index is 0.138. The van der Waals surface area contributed by atoms with Crippen molar-refractivity contribution in [3.05, 3.63) is 51.4 Å².